The van der Waals surface area contributed by atoms with Gasteiger partial charge in [-0.15, -0.1) is 0 Å². The van der Waals surface area contributed by atoms with E-state index in [1.165, 1.54) is 7.11 Å². The first-order valence-corrected chi connectivity index (χ1v) is 8.96. The fraction of sp³-hybridized carbons (Fsp3) is 0.600. The van der Waals surface area contributed by atoms with E-state index in [2.05, 4.69) is 12.1 Å². The van der Waals surface area contributed by atoms with Crippen molar-refractivity contribution < 1.29 is 19.1 Å². The van der Waals surface area contributed by atoms with E-state index in [-0.39, 0.29) is 36.0 Å². The average Bonchev–Trinajstić information content (AvgIpc) is 2.87. The molecule has 25 heavy (non-hydrogen) atoms. The number of nitrogens with zero attached hydrogens (tertiary/aromatic N) is 1. The first-order chi connectivity index (χ1) is 11.8. The van der Waals surface area contributed by atoms with E-state index >= 15 is 0 Å². The summed E-state index contributed by atoms with van der Waals surface area (Å²) in [5.41, 5.74) is 0.590. The Morgan fingerprint density at radius 1 is 1.12 bits per heavy atom. The summed E-state index contributed by atoms with van der Waals surface area (Å²) in [6, 6.07) is 10.0. The summed E-state index contributed by atoms with van der Waals surface area (Å²) < 4.78 is 10.7. The number of esters is 1. The predicted molar refractivity (Wildman–Crippen MR) is 94.2 cm³/mol. The number of carbonyl (C=O) groups excluding carboxylic acids is 2. The van der Waals surface area contributed by atoms with Crippen LogP contribution in [0.2, 0.25) is 0 Å². The highest BCUT2D eigenvalue weighted by molar-refractivity contribution is 5.78. The standard InChI is InChI=1S/C20H27NO4/c1-20(2,3)25-19(23)21-14-10-11-16(21)17(18(22)24-4)15(12-14)13-8-6-5-7-9-13/h5-9,14-17H,10-12H2,1-4H3/t14-,15+,16?,17-/m0/s1. The molecule has 0 aliphatic carbocycles. The maximum absolute atomic E-state index is 12.7. The Morgan fingerprint density at radius 3 is 2.40 bits per heavy atom. The van der Waals surface area contributed by atoms with Crippen molar-refractivity contribution in [1.82, 2.24) is 4.90 Å². The molecular formula is C20H27NO4. The van der Waals surface area contributed by atoms with Crippen LogP contribution in [-0.2, 0) is 14.3 Å². The summed E-state index contributed by atoms with van der Waals surface area (Å²) in [4.78, 5) is 27.1. The summed E-state index contributed by atoms with van der Waals surface area (Å²) in [7, 11) is 1.42. The van der Waals surface area contributed by atoms with Crippen LogP contribution in [0.3, 0.4) is 0 Å². The highest BCUT2D eigenvalue weighted by atomic mass is 16.6. The van der Waals surface area contributed by atoms with Gasteiger partial charge in [0.25, 0.3) is 0 Å². The molecule has 2 aliphatic rings. The van der Waals surface area contributed by atoms with Crippen LogP contribution in [0.25, 0.3) is 0 Å². The van der Waals surface area contributed by atoms with Gasteiger partial charge in [-0.3, -0.25) is 4.79 Å². The van der Waals surface area contributed by atoms with Crippen LogP contribution in [0.4, 0.5) is 4.79 Å². The molecule has 1 unspecified atom stereocenters. The molecule has 0 aromatic heterocycles. The lowest BCUT2D eigenvalue weighted by Crippen LogP contribution is -2.54. The molecule has 0 N–H and O–H groups in total. The first-order valence-electron chi connectivity index (χ1n) is 8.96. The summed E-state index contributed by atoms with van der Waals surface area (Å²) in [6.07, 6.45) is 2.16. The van der Waals surface area contributed by atoms with Crippen molar-refractivity contribution in [3.8, 4) is 0 Å². The van der Waals surface area contributed by atoms with Crippen LogP contribution < -0.4 is 0 Å². The normalized spacial score (nSPS) is 28.6. The number of fused-ring (bicyclic) bond motifs is 2. The fourth-order valence-electron chi connectivity index (χ4n) is 4.30. The number of methoxy groups -OCH3 is 1. The molecule has 0 radical (unpaired) electrons. The van der Waals surface area contributed by atoms with Crippen molar-refractivity contribution in [1.29, 1.82) is 0 Å². The van der Waals surface area contributed by atoms with Crippen molar-refractivity contribution in [2.24, 2.45) is 5.92 Å². The van der Waals surface area contributed by atoms with Crippen LogP contribution in [0.1, 0.15) is 51.5 Å². The molecule has 1 aromatic carbocycles. The molecule has 136 valence electrons. The van der Waals surface area contributed by atoms with Crippen LogP contribution in [0, 0.1) is 5.92 Å². The number of hydrogen-bond donors (Lipinski definition) is 0. The molecule has 0 saturated carbocycles. The summed E-state index contributed by atoms with van der Waals surface area (Å²) in [5.74, 6) is -0.517. The Balaban J connectivity index is 1.91. The van der Waals surface area contributed by atoms with Gasteiger partial charge in [0.1, 0.15) is 5.60 Å². The molecule has 2 saturated heterocycles. The van der Waals surface area contributed by atoms with Crippen molar-refractivity contribution in [3.05, 3.63) is 35.9 Å². The van der Waals surface area contributed by atoms with Crippen molar-refractivity contribution in [2.45, 2.75) is 63.6 Å². The van der Waals surface area contributed by atoms with E-state index in [0.29, 0.717) is 0 Å². The second-order valence-electron chi connectivity index (χ2n) is 7.99. The SMILES string of the molecule is COC(=O)[C@@H]1C2CC[C@@H](C[C@@H]1c1ccccc1)N2C(=O)OC(C)(C)C. The van der Waals surface area contributed by atoms with Crippen molar-refractivity contribution in [2.75, 3.05) is 7.11 Å². The Bertz CT molecular complexity index is 637. The highest BCUT2D eigenvalue weighted by Crippen LogP contribution is 2.47. The van der Waals surface area contributed by atoms with Gasteiger partial charge in [-0.1, -0.05) is 30.3 Å². The molecule has 2 aliphatic heterocycles. The van der Waals surface area contributed by atoms with Gasteiger partial charge < -0.3 is 14.4 Å². The minimum absolute atomic E-state index is 0.0739. The van der Waals surface area contributed by atoms with Crippen molar-refractivity contribution >= 4 is 12.1 Å². The van der Waals surface area contributed by atoms with Crippen LogP contribution in [0.15, 0.2) is 30.3 Å². The minimum atomic E-state index is -0.548. The van der Waals surface area contributed by atoms with E-state index in [0.717, 1.165) is 24.8 Å². The van der Waals surface area contributed by atoms with Gasteiger partial charge in [-0.25, -0.2) is 4.79 Å². The Hall–Kier alpha value is -2.04. The Kier molecular flexibility index (Phi) is 4.76. The van der Waals surface area contributed by atoms with E-state index < -0.39 is 5.60 Å². The van der Waals surface area contributed by atoms with Crippen LogP contribution in [0.5, 0.6) is 0 Å². The third-order valence-corrected chi connectivity index (χ3v) is 5.23. The number of piperidine rings is 1. The largest absolute Gasteiger partial charge is 0.469 e. The molecule has 4 atom stereocenters. The first kappa shape index (κ1) is 17.8. The topological polar surface area (TPSA) is 55.8 Å². The third-order valence-electron chi connectivity index (χ3n) is 5.23. The lowest BCUT2D eigenvalue weighted by atomic mass is 9.76. The number of ether oxygens (including phenoxy) is 2. The molecule has 5 heteroatoms. The zero-order valence-corrected chi connectivity index (χ0v) is 15.4. The molecular weight excluding hydrogens is 318 g/mol. The molecule has 3 rings (SSSR count). The molecule has 2 heterocycles. The zero-order chi connectivity index (χ0) is 18.2. The lowest BCUT2D eigenvalue weighted by molar-refractivity contribution is -0.150. The number of amides is 1. The number of hydrogen-bond acceptors (Lipinski definition) is 4. The fourth-order valence-corrected chi connectivity index (χ4v) is 4.30. The number of carbonyl (C=O) groups is 2. The maximum atomic E-state index is 12.7. The van der Waals surface area contributed by atoms with Gasteiger partial charge in [0.2, 0.25) is 0 Å². The summed E-state index contributed by atoms with van der Waals surface area (Å²) in [5, 5.41) is 0. The minimum Gasteiger partial charge on any atom is -0.469 e. The second-order valence-corrected chi connectivity index (χ2v) is 7.99. The van der Waals surface area contributed by atoms with E-state index in [4.69, 9.17) is 9.47 Å². The van der Waals surface area contributed by atoms with Crippen LogP contribution in [-0.4, -0.2) is 41.8 Å². The zero-order valence-electron chi connectivity index (χ0n) is 15.4. The molecule has 1 amide bonds. The van der Waals surface area contributed by atoms with Crippen molar-refractivity contribution in [3.63, 3.8) is 0 Å². The molecule has 2 fully saturated rings. The summed E-state index contributed by atoms with van der Waals surface area (Å²) in [6.45, 7) is 5.59. The number of rotatable bonds is 2. The monoisotopic (exact) mass is 345 g/mol. The van der Waals surface area contributed by atoms with Gasteiger partial charge in [-0.2, -0.15) is 0 Å². The Morgan fingerprint density at radius 2 is 1.80 bits per heavy atom. The summed E-state index contributed by atoms with van der Waals surface area (Å²) >= 11 is 0. The third kappa shape index (κ3) is 3.51. The smallest absolute Gasteiger partial charge is 0.410 e. The van der Waals surface area contributed by atoms with Crippen LogP contribution >= 0.6 is 0 Å². The molecule has 0 spiro atoms. The molecule has 1 aromatic rings. The van der Waals surface area contributed by atoms with Gasteiger partial charge >= 0.3 is 12.1 Å². The molecule has 5 nitrogen and oxygen atoms in total. The van der Waals surface area contributed by atoms with Gasteiger partial charge in [0, 0.05) is 18.0 Å². The van der Waals surface area contributed by atoms with Gasteiger partial charge in [0.15, 0.2) is 0 Å². The van der Waals surface area contributed by atoms with E-state index in [1.54, 1.807) is 4.90 Å². The lowest BCUT2D eigenvalue weighted by Gasteiger charge is -2.43. The Labute approximate surface area is 149 Å². The van der Waals surface area contributed by atoms with Gasteiger partial charge in [0.05, 0.1) is 13.0 Å². The van der Waals surface area contributed by atoms with E-state index in [9.17, 15) is 9.59 Å². The number of benzene rings is 1. The predicted octanol–water partition coefficient (Wildman–Crippen LogP) is 3.73. The maximum Gasteiger partial charge on any atom is 0.410 e. The quantitative estimate of drug-likeness (QED) is 0.767. The highest BCUT2D eigenvalue weighted by Gasteiger charge is 2.53. The van der Waals surface area contributed by atoms with Gasteiger partial charge in [-0.05, 0) is 45.6 Å². The van der Waals surface area contributed by atoms with E-state index in [1.807, 2.05) is 39.0 Å². The molecule has 2 bridgehead atoms. The average molecular weight is 345 g/mol. The second kappa shape index (κ2) is 6.70.